The van der Waals surface area contributed by atoms with E-state index in [4.69, 9.17) is 9.68 Å². The van der Waals surface area contributed by atoms with Crippen molar-refractivity contribution in [1.82, 2.24) is 14.8 Å². The molecule has 0 bridgehead atoms. The maximum Gasteiger partial charge on any atom is 0.236 e. The van der Waals surface area contributed by atoms with E-state index in [1.54, 1.807) is 11.8 Å². The van der Waals surface area contributed by atoms with Crippen LogP contribution < -0.4 is 4.90 Å². The van der Waals surface area contributed by atoms with Crippen LogP contribution in [-0.4, -0.2) is 60.0 Å². The Morgan fingerprint density at radius 1 is 1.21 bits per heavy atom. The van der Waals surface area contributed by atoms with E-state index in [1.807, 2.05) is 46.2 Å². The number of carbonyl (C=O) groups excluding carboxylic acids is 1. The van der Waals surface area contributed by atoms with Crippen molar-refractivity contribution in [3.63, 3.8) is 0 Å². The molecule has 144 valence electrons. The molecule has 0 saturated carbocycles. The Morgan fingerprint density at radius 2 is 1.93 bits per heavy atom. The number of rotatable bonds is 6. The van der Waals surface area contributed by atoms with Gasteiger partial charge in [0, 0.05) is 39.6 Å². The largest absolute Gasteiger partial charge is 0.424 e. The SMILES string of the molecule is Cc1nc(C#N)c(N2CCN(C(=O)CN(CC#N)Cc3ccccc3)CC2)o1. The Kier molecular flexibility index (Phi) is 6.25. The number of oxazole rings is 1. The van der Waals surface area contributed by atoms with E-state index in [1.165, 1.54) is 0 Å². The summed E-state index contributed by atoms with van der Waals surface area (Å²) in [5.74, 6) is 0.931. The number of amides is 1. The summed E-state index contributed by atoms with van der Waals surface area (Å²) in [6.07, 6.45) is 0. The molecule has 8 nitrogen and oxygen atoms in total. The molecule has 0 atom stereocenters. The molecular weight excluding hydrogens is 356 g/mol. The topological polar surface area (TPSA) is 100 Å². The van der Waals surface area contributed by atoms with Crippen molar-refractivity contribution in [3.8, 4) is 12.1 Å². The van der Waals surface area contributed by atoms with Crippen LogP contribution >= 0.6 is 0 Å². The van der Waals surface area contributed by atoms with E-state index in [9.17, 15) is 10.1 Å². The van der Waals surface area contributed by atoms with Crippen molar-refractivity contribution < 1.29 is 9.21 Å². The van der Waals surface area contributed by atoms with E-state index in [0.29, 0.717) is 44.5 Å². The molecule has 0 radical (unpaired) electrons. The molecule has 3 rings (SSSR count). The summed E-state index contributed by atoms with van der Waals surface area (Å²) >= 11 is 0. The molecule has 1 fully saturated rings. The van der Waals surface area contributed by atoms with Gasteiger partial charge in [0.25, 0.3) is 0 Å². The summed E-state index contributed by atoms with van der Waals surface area (Å²) in [6.45, 7) is 4.89. The Labute approximate surface area is 164 Å². The van der Waals surface area contributed by atoms with Crippen molar-refractivity contribution in [3.05, 3.63) is 47.5 Å². The average molecular weight is 378 g/mol. The van der Waals surface area contributed by atoms with Crippen LogP contribution in [0.3, 0.4) is 0 Å². The smallest absolute Gasteiger partial charge is 0.236 e. The van der Waals surface area contributed by atoms with Gasteiger partial charge in [-0.05, 0) is 5.56 Å². The van der Waals surface area contributed by atoms with Crippen LogP contribution in [0, 0.1) is 29.6 Å². The standard InChI is InChI=1S/C20H22N6O2/c1-16-23-18(13-22)20(28-16)26-11-9-25(10-12-26)19(27)15-24(8-7-21)14-17-5-3-2-4-6-17/h2-6H,8-12,14-15H2,1H3. The number of nitrogens with zero attached hydrogens (tertiary/aromatic N) is 6. The average Bonchev–Trinajstić information content (AvgIpc) is 3.10. The number of hydrogen-bond acceptors (Lipinski definition) is 7. The minimum absolute atomic E-state index is 0.0000817. The highest BCUT2D eigenvalue weighted by molar-refractivity contribution is 5.78. The van der Waals surface area contributed by atoms with Crippen molar-refractivity contribution >= 4 is 11.8 Å². The van der Waals surface area contributed by atoms with Crippen molar-refractivity contribution in [2.24, 2.45) is 0 Å². The lowest BCUT2D eigenvalue weighted by Gasteiger charge is -2.35. The Hall–Kier alpha value is -3.36. The van der Waals surface area contributed by atoms with Crippen molar-refractivity contribution in [2.45, 2.75) is 13.5 Å². The zero-order chi connectivity index (χ0) is 19.9. The lowest BCUT2D eigenvalue weighted by molar-refractivity contribution is -0.132. The maximum absolute atomic E-state index is 12.7. The third kappa shape index (κ3) is 4.67. The van der Waals surface area contributed by atoms with Gasteiger partial charge in [-0.15, -0.1) is 0 Å². The Balaban J connectivity index is 1.56. The summed E-state index contributed by atoms with van der Waals surface area (Å²) in [4.78, 5) is 22.4. The Morgan fingerprint density at radius 3 is 2.57 bits per heavy atom. The van der Waals surface area contributed by atoms with Gasteiger partial charge in [0.05, 0.1) is 19.2 Å². The molecule has 8 heteroatoms. The van der Waals surface area contributed by atoms with Gasteiger partial charge in [0.15, 0.2) is 5.89 Å². The van der Waals surface area contributed by atoms with E-state index in [0.717, 1.165) is 5.56 Å². The van der Waals surface area contributed by atoms with E-state index >= 15 is 0 Å². The first kappa shape index (κ1) is 19.4. The predicted molar refractivity (Wildman–Crippen MR) is 102 cm³/mol. The monoisotopic (exact) mass is 378 g/mol. The van der Waals surface area contributed by atoms with Crippen LogP contribution in [-0.2, 0) is 11.3 Å². The van der Waals surface area contributed by atoms with Crippen molar-refractivity contribution in [2.75, 3.05) is 44.2 Å². The van der Waals surface area contributed by atoms with Crippen LogP contribution in [0.25, 0.3) is 0 Å². The van der Waals surface area contributed by atoms with Gasteiger partial charge in [0.2, 0.25) is 17.5 Å². The fraction of sp³-hybridized carbons (Fsp3) is 0.400. The van der Waals surface area contributed by atoms with Gasteiger partial charge in [0.1, 0.15) is 6.07 Å². The molecule has 0 unspecified atom stereocenters. The van der Waals surface area contributed by atoms with Crippen LogP contribution in [0.2, 0.25) is 0 Å². The second-order valence-corrected chi connectivity index (χ2v) is 6.66. The quantitative estimate of drug-likeness (QED) is 0.703. The highest BCUT2D eigenvalue weighted by Gasteiger charge is 2.26. The summed E-state index contributed by atoms with van der Waals surface area (Å²) in [6, 6.07) is 14.0. The minimum atomic E-state index is 0.0000817. The number of benzene rings is 1. The second kappa shape index (κ2) is 9.03. The summed E-state index contributed by atoms with van der Waals surface area (Å²) in [5, 5.41) is 18.3. The number of nitriles is 2. The first-order valence-electron chi connectivity index (χ1n) is 9.14. The van der Waals surface area contributed by atoms with Crippen LogP contribution in [0.15, 0.2) is 34.7 Å². The predicted octanol–water partition coefficient (Wildman–Crippen LogP) is 1.53. The molecule has 2 heterocycles. The van der Waals surface area contributed by atoms with Gasteiger partial charge >= 0.3 is 0 Å². The molecule has 1 aromatic heterocycles. The number of carbonyl (C=O) groups is 1. The lowest BCUT2D eigenvalue weighted by atomic mass is 10.2. The molecule has 1 aliphatic rings. The van der Waals surface area contributed by atoms with Gasteiger partial charge in [-0.1, -0.05) is 30.3 Å². The summed E-state index contributed by atoms with van der Waals surface area (Å²) in [7, 11) is 0. The lowest BCUT2D eigenvalue weighted by Crippen LogP contribution is -2.51. The van der Waals surface area contributed by atoms with Crippen LogP contribution in [0.1, 0.15) is 17.1 Å². The highest BCUT2D eigenvalue weighted by Crippen LogP contribution is 2.22. The highest BCUT2D eigenvalue weighted by atomic mass is 16.4. The number of piperazine rings is 1. The molecule has 2 aromatic rings. The number of anilines is 1. The molecular formula is C20H22N6O2. The fourth-order valence-electron chi connectivity index (χ4n) is 3.26. The van der Waals surface area contributed by atoms with E-state index < -0.39 is 0 Å². The molecule has 0 aliphatic carbocycles. The molecule has 28 heavy (non-hydrogen) atoms. The van der Waals surface area contributed by atoms with Gasteiger partial charge in [-0.3, -0.25) is 9.69 Å². The normalized spacial score (nSPS) is 14.0. The number of hydrogen-bond donors (Lipinski definition) is 0. The summed E-state index contributed by atoms with van der Waals surface area (Å²) in [5.41, 5.74) is 1.35. The molecule has 1 aliphatic heterocycles. The molecule has 1 saturated heterocycles. The fourth-order valence-corrected chi connectivity index (χ4v) is 3.26. The maximum atomic E-state index is 12.7. The van der Waals surface area contributed by atoms with Crippen LogP contribution in [0.4, 0.5) is 5.88 Å². The molecule has 0 spiro atoms. The zero-order valence-electron chi connectivity index (χ0n) is 15.8. The third-order valence-electron chi connectivity index (χ3n) is 4.64. The van der Waals surface area contributed by atoms with Gasteiger partial charge in [-0.2, -0.15) is 10.5 Å². The second-order valence-electron chi connectivity index (χ2n) is 6.66. The third-order valence-corrected chi connectivity index (χ3v) is 4.64. The number of aryl methyl sites for hydroxylation is 1. The zero-order valence-corrected chi connectivity index (χ0v) is 15.8. The van der Waals surface area contributed by atoms with Gasteiger partial charge < -0.3 is 14.2 Å². The minimum Gasteiger partial charge on any atom is -0.424 e. The molecule has 1 amide bonds. The molecule has 0 N–H and O–H groups in total. The van der Waals surface area contributed by atoms with Crippen LogP contribution in [0.5, 0.6) is 0 Å². The van der Waals surface area contributed by atoms with E-state index in [2.05, 4.69) is 11.1 Å². The van der Waals surface area contributed by atoms with Gasteiger partial charge in [-0.25, -0.2) is 4.98 Å². The Bertz CT molecular complexity index is 888. The van der Waals surface area contributed by atoms with Crippen molar-refractivity contribution in [1.29, 1.82) is 10.5 Å². The molecule has 1 aromatic carbocycles. The number of aromatic nitrogens is 1. The summed E-state index contributed by atoms with van der Waals surface area (Å²) < 4.78 is 5.55. The van der Waals surface area contributed by atoms with E-state index in [-0.39, 0.29) is 24.7 Å². The first-order chi connectivity index (χ1) is 13.6. The first-order valence-corrected chi connectivity index (χ1v) is 9.14.